The fraction of sp³-hybridized carbons (Fsp3) is 0.636. The molecule has 160 valence electrons. The first-order chi connectivity index (χ1) is 13.7. The molecule has 0 aliphatic carbocycles. The summed E-state index contributed by atoms with van der Waals surface area (Å²) in [5, 5.41) is 0.979. The molecule has 0 aromatic carbocycles. The minimum Gasteiger partial charge on any atom is -0.481 e. The summed E-state index contributed by atoms with van der Waals surface area (Å²) in [6.45, 7) is 13.0. The highest BCUT2D eigenvalue weighted by Crippen LogP contribution is 2.31. The Kier molecular flexibility index (Phi) is 6.49. The Labute approximate surface area is 172 Å². The third-order valence-corrected chi connectivity index (χ3v) is 5.18. The summed E-state index contributed by atoms with van der Waals surface area (Å²) in [4.78, 5) is 19.7. The van der Waals surface area contributed by atoms with Gasteiger partial charge in [0.1, 0.15) is 5.60 Å². The van der Waals surface area contributed by atoms with Gasteiger partial charge in [-0.05, 0) is 53.5 Å². The maximum absolute atomic E-state index is 12.7. The molecule has 3 heterocycles. The van der Waals surface area contributed by atoms with E-state index in [4.69, 9.17) is 14.2 Å². The van der Waals surface area contributed by atoms with E-state index >= 15 is 0 Å². The molecule has 0 spiro atoms. The van der Waals surface area contributed by atoms with E-state index in [1.165, 1.54) is 0 Å². The lowest BCUT2D eigenvalue weighted by atomic mass is 10.1. The molecule has 0 atom stereocenters. The molecular weight excluding hydrogens is 370 g/mol. The number of piperidine rings is 1. The van der Waals surface area contributed by atoms with Gasteiger partial charge in [-0.1, -0.05) is 0 Å². The van der Waals surface area contributed by atoms with Gasteiger partial charge in [-0.2, -0.15) is 0 Å². The van der Waals surface area contributed by atoms with E-state index in [-0.39, 0.29) is 0 Å². The third kappa shape index (κ3) is 4.90. The van der Waals surface area contributed by atoms with Crippen LogP contribution in [0.15, 0.2) is 12.3 Å². The molecule has 0 N–H and O–H groups in total. The van der Waals surface area contributed by atoms with Crippen molar-refractivity contribution in [3.8, 4) is 5.88 Å². The summed E-state index contributed by atoms with van der Waals surface area (Å²) in [5.41, 5.74) is 1.96. The highest BCUT2D eigenvalue weighted by Gasteiger charge is 2.25. The van der Waals surface area contributed by atoms with E-state index in [1.54, 1.807) is 17.9 Å². The zero-order chi connectivity index (χ0) is 21.2. The maximum Gasteiger partial charge on any atom is 0.419 e. The van der Waals surface area contributed by atoms with E-state index in [9.17, 15) is 4.79 Å². The smallest absolute Gasteiger partial charge is 0.419 e. The second kappa shape index (κ2) is 8.71. The van der Waals surface area contributed by atoms with Crippen LogP contribution in [0, 0.1) is 6.92 Å². The average Bonchev–Trinajstić information content (AvgIpc) is 3.10. The summed E-state index contributed by atoms with van der Waals surface area (Å²) in [7, 11) is 1.64. The van der Waals surface area contributed by atoms with Crippen LogP contribution in [0.2, 0.25) is 0 Å². The normalized spacial score (nSPS) is 16.3. The van der Waals surface area contributed by atoms with E-state index in [0.29, 0.717) is 12.0 Å². The maximum atomic E-state index is 12.7. The summed E-state index contributed by atoms with van der Waals surface area (Å²) < 4.78 is 18.5. The molecule has 29 heavy (non-hydrogen) atoms. The van der Waals surface area contributed by atoms with Crippen LogP contribution in [0.3, 0.4) is 0 Å². The first-order valence-corrected chi connectivity index (χ1v) is 10.3. The van der Waals surface area contributed by atoms with E-state index < -0.39 is 11.7 Å². The molecular formula is C22H33N3O4. The predicted octanol–water partition coefficient (Wildman–Crippen LogP) is 4.14. The van der Waals surface area contributed by atoms with Crippen molar-refractivity contribution in [3.05, 3.63) is 23.5 Å². The molecule has 7 nitrogen and oxygen atoms in total. The van der Waals surface area contributed by atoms with E-state index in [0.717, 1.165) is 61.2 Å². The van der Waals surface area contributed by atoms with Crippen molar-refractivity contribution >= 4 is 17.0 Å². The van der Waals surface area contributed by atoms with Crippen molar-refractivity contribution in [2.24, 2.45) is 0 Å². The number of carbonyl (C=O) groups excluding carboxylic acids is 1. The van der Waals surface area contributed by atoms with E-state index in [1.807, 2.05) is 40.7 Å². The Morgan fingerprint density at radius 3 is 2.55 bits per heavy atom. The summed E-state index contributed by atoms with van der Waals surface area (Å²) in [6.07, 6.45) is 3.76. The number of hydrogen-bond donors (Lipinski definition) is 0. The van der Waals surface area contributed by atoms with Crippen LogP contribution in [-0.2, 0) is 16.0 Å². The van der Waals surface area contributed by atoms with Gasteiger partial charge in [0.15, 0.2) is 0 Å². The first-order valence-electron chi connectivity index (χ1n) is 10.3. The number of aryl methyl sites for hydroxylation is 1. The minimum absolute atomic E-state index is 0.350. The van der Waals surface area contributed by atoms with Crippen molar-refractivity contribution < 1.29 is 19.0 Å². The van der Waals surface area contributed by atoms with Crippen LogP contribution in [0.1, 0.15) is 51.8 Å². The van der Waals surface area contributed by atoms with Gasteiger partial charge in [0.05, 0.1) is 24.4 Å². The molecule has 7 heteroatoms. The quantitative estimate of drug-likeness (QED) is 0.748. The van der Waals surface area contributed by atoms with Crippen LogP contribution in [0.5, 0.6) is 5.88 Å². The zero-order valence-electron chi connectivity index (χ0n) is 18.4. The van der Waals surface area contributed by atoms with Gasteiger partial charge in [0, 0.05) is 43.4 Å². The van der Waals surface area contributed by atoms with Crippen LogP contribution in [-0.4, -0.2) is 59.1 Å². The van der Waals surface area contributed by atoms with Crippen LogP contribution < -0.4 is 4.74 Å². The lowest BCUT2D eigenvalue weighted by molar-refractivity contribution is 0.0124. The van der Waals surface area contributed by atoms with Crippen LogP contribution in [0.4, 0.5) is 4.79 Å². The number of likely N-dealkylation sites (tertiary alicyclic amines) is 1. The molecule has 0 saturated carbocycles. The molecule has 0 unspecified atom stereocenters. The largest absolute Gasteiger partial charge is 0.481 e. The van der Waals surface area contributed by atoms with Crippen molar-refractivity contribution in [1.29, 1.82) is 0 Å². The number of methoxy groups -OCH3 is 1. The fourth-order valence-electron chi connectivity index (χ4n) is 3.91. The lowest BCUT2D eigenvalue weighted by Crippen LogP contribution is -2.36. The fourth-order valence-corrected chi connectivity index (χ4v) is 3.91. The zero-order valence-corrected chi connectivity index (χ0v) is 18.4. The number of nitrogens with zero attached hydrogens (tertiary/aromatic N) is 3. The highest BCUT2D eigenvalue weighted by atomic mass is 16.6. The van der Waals surface area contributed by atoms with Crippen molar-refractivity contribution in [1.82, 2.24) is 14.5 Å². The number of fused-ring (bicyclic) bond motifs is 1. The predicted molar refractivity (Wildman–Crippen MR) is 113 cm³/mol. The molecule has 2 aromatic heterocycles. The molecule has 1 saturated heterocycles. The van der Waals surface area contributed by atoms with Crippen molar-refractivity contribution in [2.75, 3.05) is 26.8 Å². The van der Waals surface area contributed by atoms with Crippen LogP contribution >= 0.6 is 0 Å². The van der Waals surface area contributed by atoms with Crippen molar-refractivity contribution in [3.63, 3.8) is 0 Å². The SMILES string of the molecule is CCOC1CCN(Cc2c(OC)nc(C)c3c2ccn3C(=O)OC(C)(C)C)CC1. The number of hydrogen-bond acceptors (Lipinski definition) is 6. The molecule has 1 fully saturated rings. The number of aromatic nitrogens is 2. The van der Waals surface area contributed by atoms with Gasteiger partial charge >= 0.3 is 6.09 Å². The second-order valence-corrected chi connectivity index (χ2v) is 8.54. The Hall–Kier alpha value is -2.12. The lowest BCUT2D eigenvalue weighted by Gasteiger charge is -2.32. The van der Waals surface area contributed by atoms with Gasteiger partial charge in [-0.3, -0.25) is 9.47 Å². The minimum atomic E-state index is -0.560. The van der Waals surface area contributed by atoms with Gasteiger partial charge in [-0.15, -0.1) is 0 Å². The van der Waals surface area contributed by atoms with Crippen molar-refractivity contribution in [2.45, 2.75) is 65.7 Å². The Balaban J connectivity index is 1.91. The summed E-state index contributed by atoms with van der Waals surface area (Å²) in [6, 6.07) is 1.96. The molecule has 0 amide bonds. The summed E-state index contributed by atoms with van der Waals surface area (Å²) >= 11 is 0. The molecule has 0 bridgehead atoms. The van der Waals surface area contributed by atoms with Gasteiger partial charge in [0.25, 0.3) is 0 Å². The standard InChI is InChI=1S/C22H33N3O4/c1-7-28-16-8-11-24(12-9-16)14-18-17-10-13-25(21(26)29-22(3,4)5)19(17)15(2)23-20(18)27-6/h10,13,16H,7-9,11-12,14H2,1-6H3. The molecule has 1 aliphatic rings. The summed E-state index contributed by atoms with van der Waals surface area (Å²) in [5.74, 6) is 0.615. The first kappa shape index (κ1) is 21.6. The highest BCUT2D eigenvalue weighted by molar-refractivity contribution is 5.93. The third-order valence-electron chi connectivity index (χ3n) is 5.18. The topological polar surface area (TPSA) is 65.8 Å². The molecule has 2 aromatic rings. The number of ether oxygens (including phenoxy) is 3. The Morgan fingerprint density at radius 2 is 1.97 bits per heavy atom. The number of pyridine rings is 1. The Bertz CT molecular complexity index is 861. The molecule has 3 rings (SSSR count). The average molecular weight is 404 g/mol. The van der Waals surface area contributed by atoms with Crippen LogP contribution in [0.25, 0.3) is 10.9 Å². The second-order valence-electron chi connectivity index (χ2n) is 8.54. The van der Waals surface area contributed by atoms with Gasteiger partial charge in [-0.25, -0.2) is 9.78 Å². The number of carbonyl (C=O) groups is 1. The van der Waals surface area contributed by atoms with E-state index in [2.05, 4.69) is 9.88 Å². The van der Waals surface area contributed by atoms with Gasteiger partial charge < -0.3 is 14.2 Å². The van der Waals surface area contributed by atoms with Gasteiger partial charge in [0.2, 0.25) is 5.88 Å². The number of rotatable bonds is 5. The Morgan fingerprint density at radius 1 is 1.28 bits per heavy atom. The monoisotopic (exact) mass is 403 g/mol. The molecule has 0 radical (unpaired) electrons. The molecule has 1 aliphatic heterocycles.